The van der Waals surface area contributed by atoms with Crippen molar-refractivity contribution in [1.29, 1.82) is 0 Å². The summed E-state index contributed by atoms with van der Waals surface area (Å²) >= 11 is 0. The van der Waals surface area contributed by atoms with Gasteiger partial charge in [0.25, 0.3) is 0 Å². The zero-order valence-corrected chi connectivity index (χ0v) is 21.7. The van der Waals surface area contributed by atoms with Gasteiger partial charge in [-0.1, -0.05) is 50.6 Å². The molecule has 0 fully saturated rings. The maximum Gasteiger partial charge on any atom is 0.135 e. The van der Waals surface area contributed by atoms with E-state index >= 15 is 0 Å². The lowest BCUT2D eigenvalue weighted by Gasteiger charge is -2.38. The highest BCUT2D eigenvalue weighted by atomic mass is 16.5. The number of ether oxygens (including phenoxy) is 6. The number of hydrogen-bond acceptors (Lipinski definition) is 6. The van der Waals surface area contributed by atoms with Gasteiger partial charge in [0.05, 0.1) is 25.0 Å². The van der Waals surface area contributed by atoms with Gasteiger partial charge in [-0.05, 0) is 24.3 Å². The summed E-state index contributed by atoms with van der Waals surface area (Å²) in [7, 11) is 0. The maximum absolute atomic E-state index is 6.43. The van der Waals surface area contributed by atoms with Crippen LogP contribution in [0.5, 0.6) is 46.0 Å². The molecule has 0 saturated carbocycles. The summed E-state index contributed by atoms with van der Waals surface area (Å²) in [5.74, 6) is 4.93. The number of hydrogen-bond donors (Lipinski definition) is 0. The van der Waals surface area contributed by atoms with Crippen LogP contribution in [0.2, 0.25) is 0 Å². The molecule has 2 heterocycles. The zero-order valence-electron chi connectivity index (χ0n) is 21.7. The van der Waals surface area contributed by atoms with Crippen molar-refractivity contribution in [2.45, 2.75) is 11.8 Å². The molecule has 2 aliphatic heterocycles. The van der Waals surface area contributed by atoms with Crippen LogP contribution in [0.3, 0.4) is 0 Å². The molecule has 0 bridgehead atoms. The van der Waals surface area contributed by atoms with Gasteiger partial charge in [-0.2, -0.15) is 0 Å². The first-order chi connectivity index (χ1) is 19.6. The second-order valence-electron chi connectivity index (χ2n) is 9.10. The summed E-state index contributed by atoms with van der Waals surface area (Å²) in [6.45, 7) is 14.7. The van der Waals surface area contributed by atoms with Crippen molar-refractivity contribution < 1.29 is 28.4 Å². The average molecular weight is 531 g/mol. The Bertz CT molecular complexity index is 1410. The van der Waals surface area contributed by atoms with Crippen LogP contribution in [0, 0.1) is 0 Å². The molecular formula is C34H26O6. The van der Waals surface area contributed by atoms with E-state index in [1.54, 1.807) is 0 Å². The van der Waals surface area contributed by atoms with Crippen LogP contribution >= 0.6 is 0 Å². The highest BCUT2D eigenvalue weighted by Crippen LogP contribution is 2.58. The molecule has 0 amide bonds. The molecule has 0 aromatic heterocycles. The molecule has 0 saturated heterocycles. The summed E-state index contributed by atoms with van der Waals surface area (Å²) in [5.41, 5.74) is 4.01. The van der Waals surface area contributed by atoms with Gasteiger partial charge < -0.3 is 28.4 Å². The molecule has 0 radical (unpaired) electrons. The Morgan fingerprint density at radius 1 is 0.425 bits per heavy atom. The highest BCUT2D eigenvalue weighted by Gasteiger charge is 2.40. The molecule has 0 spiro atoms. The summed E-state index contributed by atoms with van der Waals surface area (Å²) < 4.78 is 35.1. The molecule has 6 heteroatoms. The Morgan fingerprint density at radius 3 is 0.900 bits per heavy atom. The molecule has 0 unspecified atom stereocenters. The minimum absolute atomic E-state index is 0.145. The predicted molar refractivity (Wildman–Crippen MR) is 153 cm³/mol. The van der Waals surface area contributed by atoms with Gasteiger partial charge in [0.1, 0.15) is 46.0 Å². The summed E-state index contributed by atoms with van der Waals surface area (Å²) in [6, 6.07) is 23.3. The summed E-state index contributed by atoms with van der Waals surface area (Å²) in [4.78, 5) is 0. The van der Waals surface area contributed by atoms with E-state index in [1.807, 2.05) is 72.8 Å². The fourth-order valence-corrected chi connectivity index (χ4v) is 5.41. The molecule has 6 rings (SSSR count). The first-order valence-corrected chi connectivity index (χ1v) is 12.6. The van der Waals surface area contributed by atoms with E-state index in [-0.39, 0.29) is 11.8 Å². The topological polar surface area (TPSA) is 55.4 Å². The molecular weight excluding hydrogens is 504 g/mol. The standard InChI is InChI=1S/C34H26O6/c1-5-35-21-9-13-25-29(17-21)39-30-18-22(36-6-2)10-14-26(30)33(25)34-27-15-11-23(37-7-3)19-31(27)40-32-20-24(38-8-4)12-16-28(32)34/h5-20,33-34H,1-4H2. The Hall–Kier alpha value is -5.36. The van der Waals surface area contributed by atoms with Gasteiger partial charge in [0.15, 0.2) is 0 Å². The number of rotatable bonds is 9. The van der Waals surface area contributed by atoms with Crippen LogP contribution in [0.25, 0.3) is 0 Å². The average Bonchev–Trinajstić information content (AvgIpc) is 2.95. The van der Waals surface area contributed by atoms with Crippen molar-refractivity contribution in [3.05, 3.63) is 146 Å². The van der Waals surface area contributed by atoms with Crippen molar-refractivity contribution in [2.24, 2.45) is 0 Å². The smallest absolute Gasteiger partial charge is 0.135 e. The molecule has 0 aliphatic carbocycles. The lowest BCUT2D eigenvalue weighted by molar-refractivity contribution is 0.400. The van der Waals surface area contributed by atoms with Crippen molar-refractivity contribution in [2.75, 3.05) is 0 Å². The summed E-state index contributed by atoms with van der Waals surface area (Å²) in [5, 5.41) is 0. The quantitative estimate of drug-likeness (QED) is 0.201. The third-order valence-corrected chi connectivity index (χ3v) is 6.93. The zero-order chi connectivity index (χ0) is 27.6. The van der Waals surface area contributed by atoms with Crippen molar-refractivity contribution in [1.82, 2.24) is 0 Å². The minimum Gasteiger partial charge on any atom is -0.465 e. The normalized spacial score (nSPS) is 13.1. The lowest BCUT2D eigenvalue weighted by Crippen LogP contribution is -2.22. The van der Waals surface area contributed by atoms with Crippen LogP contribution < -0.4 is 28.4 Å². The van der Waals surface area contributed by atoms with Gasteiger partial charge in [-0.3, -0.25) is 0 Å². The lowest BCUT2D eigenvalue weighted by atomic mass is 9.71. The molecule has 4 aromatic carbocycles. The van der Waals surface area contributed by atoms with Crippen LogP contribution in [-0.4, -0.2) is 0 Å². The largest absolute Gasteiger partial charge is 0.465 e. The van der Waals surface area contributed by atoms with Gasteiger partial charge >= 0.3 is 0 Å². The highest BCUT2D eigenvalue weighted by molar-refractivity contribution is 5.65. The Kier molecular flexibility index (Phi) is 6.50. The first kappa shape index (κ1) is 24.9. The van der Waals surface area contributed by atoms with Crippen LogP contribution in [0.15, 0.2) is 124 Å². The van der Waals surface area contributed by atoms with Crippen molar-refractivity contribution >= 4 is 0 Å². The molecule has 198 valence electrons. The van der Waals surface area contributed by atoms with Gasteiger partial charge in [0.2, 0.25) is 0 Å². The fourth-order valence-electron chi connectivity index (χ4n) is 5.41. The molecule has 6 nitrogen and oxygen atoms in total. The molecule has 4 aromatic rings. The Balaban J connectivity index is 1.59. The van der Waals surface area contributed by atoms with E-state index in [2.05, 4.69) is 26.3 Å². The van der Waals surface area contributed by atoms with E-state index < -0.39 is 0 Å². The SMILES string of the molecule is C=COc1ccc2c(c1)Oc1cc(OC=C)ccc1C2C1c2ccc(OC=C)cc2Oc2cc(OC=C)ccc21. The van der Waals surface area contributed by atoms with Crippen molar-refractivity contribution in [3.8, 4) is 46.0 Å². The van der Waals surface area contributed by atoms with E-state index in [0.717, 1.165) is 22.3 Å². The summed E-state index contributed by atoms with van der Waals surface area (Å²) in [6.07, 6.45) is 5.57. The second kappa shape index (κ2) is 10.4. The fraction of sp³-hybridized carbons (Fsp3) is 0.0588. The third-order valence-electron chi connectivity index (χ3n) is 6.93. The maximum atomic E-state index is 6.43. The Morgan fingerprint density at radius 2 is 0.675 bits per heavy atom. The van der Waals surface area contributed by atoms with E-state index in [0.29, 0.717) is 46.0 Å². The van der Waals surface area contributed by atoms with E-state index in [1.165, 1.54) is 25.0 Å². The number of fused-ring (bicyclic) bond motifs is 4. The van der Waals surface area contributed by atoms with Gasteiger partial charge in [-0.25, -0.2) is 0 Å². The van der Waals surface area contributed by atoms with E-state index in [4.69, 9.17) is 28.4 Å². The molecule has 0 atom stereocenters. The predicted octanol–water partition coefficient (Wildman–Crippen LogP) is 8.95. The molecule has 40 heavy (non-hydrogen) atoms. The van der Waals surface area contributed by atoms with Gasteiger partial charge in [0, 0.05) is 58.4 Å². The minimum atomic E-state index is -0.145. The monoisotopic (exact) mass is 530 g/mol. The number of benzene rings is 4. The van der Waals surface area contributed by atoms with Crippen LogP contribution in [0.4, 0.5) is 0 Å². The van der Waals surface area contributed by atoms with Crippen LogP contribution in [-0.2, 0) is 0 Å². The third kappa shape index (κ3) is 4.35. The Labute approximate surface area is 232 Å². The molecule has 0 N–H and O–H groups in total. The van der Waals surface area contributed by atoms with Crippen molar-refractivity contribution in [3.63, 3.8) is 0 Å². The van der Waals surface area contributed by atoms with E-state index in [9.17, 15) is 0 Å². The molecule has 2 aliphatic rings. The van der Waals surface area contributed by atoms with Crippen LogP contribution in [0.1, 0.15) is 34.1 Å². The van der Waals surface area contributed by atoms with Gasteiger partial charge in [-0.15, -0.1) is 0 Å². The first-order valence-electron chi connectivity index (χ1n) is 12.6. The second-order valence-corrected chi connectivity index (χ2v) is 9.10.